The van der Waals surface area contributed by atoms with Crippen LogP contribution in [0.1, 0.15) is 78.1 Å². The zero-order chi connectivity index (χ0) is 14.7. The van der Waals surface area contributed by atoms with Gasteiger partial charge < -0.3 is 0 Å². The van der Waals surface area contributed by atoms with E-state index in [2.05, 4.69) is 62.5 Å². The fraction of sp³-hybridized carbons (Fsp3) is 0.600. The Morgan fingerprint density at radius 3 is 0.750 bits per heavy atom. The van der Waals surface area contributed by atoms with E-state index in [-0.39, 0.29) is 0 Å². The molecule has 0 saturated heterocycles. The van der Waals surface area contributed by atoms with E-state index in [4.69, 9.17) is 0 Å². The normalized spacial score (nSPS) is 12.7. The van der Waals surface area contributed by atoms with Crippen LogP contribution in [0.15, 0.2) is 48.6 Å². The van der Waals surface area contributed by atoms with E-state index in [1.165, 1.54) is 64.2 Å². The van der Waals surface area contributed by atoms with Gasteiger partial charge in [-0.25, -0.2) is 0 Å². The molecule has 0 amide bonds. The molecule has 0 heterocycles. The lowest BCUT2D eigenvalue weighted by atomic mass is 10.2. The fourth-order valence-electron chi connectivity index (χ4n) is 1.85. The molecule has 0 aliphatic rings. The van der Waals surface area contributed by atoms with Crippen LogP contribution < -0.4 is 0 Å². The van der Waals surface area contributed by atoms with Crippen LogP contribution in [0.5, 0.6) is 0 Å². The smallest absolute Gasteiger partial charge is 0.0316 e. The van der Waals surface area contributed by atoms with E-state index in [0.29, 0.717) is 0 Å². The van der Waals surface area contributed by atoms with E-state index in [1.54, 1.807) is 0 Å². The van der Waals surface area contributed by atoms with Crippen molar-refractivity contribution < 1.29 is 0 Å². The van der Waals surface area contributed by atoms with Crippen LogP contribution in [0.25, 0.3) is 0 Å². The van der Waals surface area contributed by atoms with Crippen molar-refractivity contribution in [2.75, 3.05) is 0 Å². The second-order valence-corrected chi connectivity index (χ2v) is 5.20. The van der Waals surface area contributed by atoms with E-state index in [9.17, 15) is 0 Å². The van der Waals surface area contributed by atoms with Gasteiger partial charge in [-0.1, -0.05) is 75.3 Å². The summed E-state index contributed by atoms with van der Waals surface area (Å²) in [5.74, 6) is 0. The first-order valence-corrected chi connectivity index (χ1v) is 8.51. The third kappa shape index (κ3) is 17.0. The standard InChI is InChI=1S/C20H34/c1-3-5-7-9-11-13-15-17-19-20-18-16-14-12-10-8-6-4-2/h7-10,15-18H,3-6,11-14,19-20H2,1-2H3/b9-7+,10-8+,17-15+,18-16+. The van der Waals surface area contributed by atoms with Crippen molar-refractivity contribution >= 4 is 0 Å². The molecule has 0 bridgehead atoms. The van der Waals surface area contributed by atoms with Gasteiger partial charge in [0, 0.05) is 0 Å². The number of allylic oxidation sites excluding steroid dienone is 8. The highest BCUT2D eigenvalue weighted by Crippen LogP contribution is 2.01. The van der Waals surface area contributed by atoms with Gasteiger partial charge in [0.25, 0.3) is 0 Å². The molecule has 0 nitrogen and oxygen atoms in total. The van der Waals surface area contributed by atoms with Crippen LogP contribution in [0.3, 0.4) is 0 Å². The molecule has 0 aromatic heterocycles. The molecular weight excluding hydrogens is 240 g/mol. The summed E-state index contributed by atoms with van der Waals surface area (Å²) in [6.45, 7) is 4.44. The maximum absolute atomic E-state index is 2.32. The van der Waals surface area contributed by atoms with Crippen molar-refractivity contribution in [2.45, 2.75) is 78.1 Å². The van der Waals surface area contributed by atoms with Crippen molar-refractivity contribution in [3.05, 3.63) is 48.6 Å². The molecule has 0 rings (SSSR count). The first-order chi connectivity index (χ1) is 9.91. The molecule has 0 aliphatic carbocycles. The average molecular weight is 274 g/mol. The predicted molar refractivity (Wildman–Crippen MR) is 94.1 cm³/mol. The summed E-state index contributed by atoms with van der Waals surface area (Å²) in [5, 5.41) is 0. The Labute approximate surface area is 127 Å². The summed E-state index contributed by atoms with van der Waals surface area (Å²) in [6.07, 6.45) is 30.6. The number of unbranched alkanes of at least 4 members (excludes halogenated alkanes) is 5. The topological polar surface area (TPSA) is 0 Å². The summed E-state index contributed by atoms with van der Waals surface area (Å²) >= 11 is 0. The summed E-state index contributed by atoms with van der Waals surface area (Å²) in [7, 11) is 0. The molecule has 0 atom stereocenters. The molecule has 0 unspecified atom stereocenters. The summed E-state index contributed by atoms with van der Waals surface area (Å²) in [6, 6.07) is 0. The SMILES string of the molecule is CCC/C=C/CC/C=C/CC/C=C/CC/C=C/CCC. The third-order valence-electron chi connectivity index (χ3n) is 3.08. The quantitative estimate of drug-likeness (QED) is 0.247. The molecule has 0 aliphatic heterocycles. The van der Waals surface area contributed by atoms with E-state index >= 15 is 0 Å². The first kappa shape index (κ1) is 19.0. The molecule has 0 aromatic carbocycles. The second kappa shape index (κ2) is 18.0. The van der Waals surface area contributed by atoms with E-state index in [1.807, 2.05) is 0 Å². The van der Waals surface area contributed by atoms with Gasteiger partial charge in [-0.3, -0.25) is 0 Å². The van der Waals surface area contributed by atoms with Crippen LogP contribution in [0, 0.1) is 0 Å². The molecule has 0 radical (unpaired) electrons. The summed E-state index contributed by atoms with van der Waals surface area (Å²) in [5.41, 5.74) is 0. The van der Waals surface area contributed by atoms with Crippen molar-refractivity contribution in [2.24, 2.45) is 0 Å². The first-order valence-electron chi connectivity index (χ1n) is 8.51. The Morgan fingerprint density at radius 1 is 0.350 bits per heavy atom. The van der Waals surface area contributed by atoms with Gasteiger partial charge >= 0.3 is 0 Å². The van der Waals surface area contributed by atoms with Gasteiger partial charge in [0.1, 0.15) is 0 Å². The van der Waals surface area contributed by atoms with Gasteiger partial charge in [0.15, 0.2) is 0 Å². The van der Waals surface area contributed by atoms with E-state index < -0.39 is 0 Å². The average Bonchev–Trinajstić information content (AvgIpc) is 2.47. The largest absolute Gasteiger partial charge is 0.0885 e. The number of hydrogen-bond acceptors (Lipinski definition) is 0. The molecule has 0 fully saturated rings. The molecule has 0 N–H and O–H groups in total. The lowest BCUT2D eigenvalue weighted by Crippen LogP contribution is -1.70. The van der Waals surface area contributed by atoms with Crippen molar-refractivity contribution in [3.8, 4) is 0 Å². The van der Waals surface area contributed by atoms with Gasteiger partial charge in [-0.15, -0.1) is 0 Å². The molecule has 0 saturated carbocycles. The van der Waals surface area contributed by atoms with Crippen molar-refractivity contribution in [1.29, 1.82) is 0 Å². The maximum Gasteiger partial charge on any atom is -0.0316 e. The van der Waals surface area contributed by atoms with Gasteiger partial charge in [0.05, 0.1) is 0 Å². The molecule has 20 heavy (non-hydrogen) atoms. The Hall–Kier alpha value is -1.04. The monoisotopic (exact) mass is 274 g/mol. The molecular formula is C20H34. The zero-order valence-electron chi connectivity index (χ0n) is 13.7. The molecule has 114 valence electrons. The minimum Gasteiger partial charge on any atom is -0.0885 e. The molecule has 0 heteroatoms. The highest BCUT2D eigenvalue weighted by Gasteiger charge is 1.80. The van der Waals surface area contributed by atoms with Crippen molar-refractivity contribution in [1.82, 2.24) is 0 Å². The Morgan fingerprint density at radius 2 is 0.550 bits per heavy atom. The van der Waals surface area contributed by atoms with Gasteiger partial charge in [-0.05, 0) is 51.4 Å². The number of hydrogen-bond donors (Lipinski definition) is 0. The van der Waals surface area contributed by atoms with E-state index in [0.717, 1.165) is 0 Å². The Kier molecular flexibility index (Phi) is 17.0. The molecule has 0 aromatic rings. The highest BCUT2D eigenvalue weighted by atomic mass is 13.9. The lowest BCUT2D eigenvalue weighted by Gasteiger charge is -1.90. The zero-order valence-corrected chi connectivity index (χ0v) is 13.7. The van der Waals surface area contributed by atoms with Gasteiger partial charge in [-0.2, -0.15) is 0 Å². The molecule has 0 spiro atoms. The maximum atomic E-state index is 2.32. The summed E-state index contributed by atoms with van der Waals surface area (Å²) in [4.78, 5) is 0. The van der Waals surface area contributed by atoms with Crippen LogP contribution >= 0.6 is 0 Å². The van der Waals surface area contributed by atoms with Crippen LogP contribution in [-0.2, 0) is 0 Å². The minimum atomic E-state index is 1.18. The second-order valence-electron chi connectivity index (χ2n) is 5.20. The Bertz CT molecular complexity index is 248. The van der Waals surface area contributed by atoms with Crippen LogP contribution in [0.4, 0.5) is 0 Å². The predicted octanol–water partition coefficient (Wildman–Crippen LogP) is 7.15. The van der Waals surface area contributed by atoms with Crippen LogP contribution in [-0.4, -0.2) is 0 Å². The third-order valence-corrected chi connectivity index (χ3v) is 3.08. The van der Waals surface area contributed by atoms with Gasteiger partial charge in [0.2, 0.25) is 0 Å². The highest BCUT2D eigenvalue weighted by molar-refractivity contribution is 4.92. The summed E-state index contributed by atoms with van der Waals surface area (Å²) < 4.78 is 0. The fourth-order valence-corrected chi connectivity index (χ4v) is 1.85. The minimum absolute atomic E-state index is 1.18. The van der Waals surface area contributed by atoms with Crippen LogP contribution in [0.2, 0.25) is 0 Å². The number of rotatable bonds is 13. The van der Waals surface area contributed by atoms with Crippen molar-refractivity contribution in [3.63, 3.8) is 0 Å². The lowest BCUT2D eigenvalue weighted by molar-refractivity contribution is 0.938. The Balaban J connectivity index is 3.29.